The van der Waals surface area contributed by atoms with Gasteiger partial charge in [0.05, 0.1) is 22.7 Å². The molecule has 2 N–H and O–H groups in total. The van der Waals surface area contributed by atoms with Crippen LogP contribution in [0.25, 0.3) is 27.7 Å². The summed E-state index contributed by atoms with van der Waals surface area (Å²) in [5.74, 6) is 0.0619. The zero-order valence-corrected chi connectivity index (χ0v) is 29.1. The predicted octanol–water partition coefficient (Wildman–Crippen LogP) is 4.75. The summed E-state index contributed by atoms with van der Waals surface area (Å²) in [7, 11) is 3.66. The van der Waals surface area contributed by atoms with Crippen LogP contribution in [0.5, 0.6) is 0 Å². The topological polar surface area (TPSA) is 154 Å². The predicted molar refractivity (Wildman–Crippen MR) is 194 cm³/mol. The van der Waals surface area contributed by atoms with Crippen molar-refractivity contribution in [2.24, 2.45) is 7.05 Å². The van der Waals surface area contributed by atoms with E-state index in [-0.39, 0.29) is 22.7 Å². The number of nitrogens with one attached hydrogen (secondary N) is 2. The summed E-state index contributed by atoms with van der Waals surface area (Å²) in [4.78, 5) is 60.4. The molecule has 51 heavy (non-hydrogen) atoms. The molecule has 2 amide bonds. The number of likely N-dealkylation sites (tertiary alicyclic amines) is 1. The molecular formula is C37H39N9O5. The number of aromatic nitrogens is 6. The molecule has 1 aliphatic heterocycles. The van der Waals surface area contributed by atoms with Gasteiger partial charge in [0, 0.05) is 42.8 Å². The monoisotopic (exact) mass is 689 g/mol. The third kappa shape index (κ3) is 6.29. The number of piperidine rings is 1. The lowest BCUT2D eigenvalue weighted by Crippen LogP contribution is -2.31. The second-order valence-corrected chi connectivity index (χ2v) is 12.9. The van der Waals surface area contributed by atoms with Crippen LogP contribution in [0.4, 0.5) is 11.5 Å². The summed E-state index contributed by atoms with van der Waals surface area (Å²) in [6.07, 6.45) is 3.89. The number of anilines is 2. The fraction of sp³-hybridized carbons (Fsp3) is 0.297. The average Bonchev–Trinajstić information content (AvgIpc) is 3.77. The lowest BCUT2D eigenvalue weighted by Gasteiger charge is -2.28. The van der Waals surface area contributed by atoms with E-state index < -0.39 is 5.91 Å². The summed E-state index contributed by atoms with van der Waals surface area (Å²) in [6, 6.07) is 17.4. The van der Waals surface area contributed by atoms with Gasteiger partial charge in [-0.05, 0) is 95.7 Å². The Hall–Kier alpha value is -6.02. The average molecular weight is 690 g/mol. The van der Waals surface area contributed by atoms with Crippen LogP contribution in [-0.4, -0.2) is 65.7 Å². The zero-order valence-electron chi connectivity index (χ0n) is 29.1. The second-order valence-electron chi connectivity index (χ2n) is 12.9. The first-order valence-corrected chi connectivity index (χ1v) is 16.9. The lowest BCUT2D eigenvalue weighted by atomic mass is 10.1. The molecule has 0 radical (unpaired) electrons. The number of aryl methyl sites for hydroxylation is 4. The first-order valence-electron chi connectivity index (χ1n) is 16.9. The summed E-state index contributed by atoms with van der Waals surface area (Å²) in [6.45, 7) is 7.69. The van der Waals surface area contributed by atoms with Crippen molar-refractivity contribution in [3.05, 3.63) is 110 Å². The largest absolute Gasteiger partial charge is 0.381 e. The second kappa shape index (κ2) is 13.4. The molecule has 0 spiro atoms. The van der Waals surface area contributed by atoms with Crippen molar-refractivity contribution in [2.45, 2.75) is 46.2 Å². The van der Waals surface area contributed by atoms with E-state index in [9.17, 15) is 19.2 Å². The van der Waals surface area contributed by atoms with Crippen LogP contribution < -0.4 is 21.8 Å². The Labute approximate surface area is 292 Å². The number of hydrogen-bond donors (Lipinski definition) is 2. The first-order chi connectivity index (χ1) is 24.5. The van der Waals surface area contributed by atoms with Gasteiger partial charge in [0.1, 0.15) is 11.3 Å². The normalized spacial score (nSPS) is 13.9. The molecule has 0 aliphatic carbocycles. The molecule has 7 rings (SSSR count). The van der Waals surface area contributed by atoms with Crippen molar-refractivity contribution >= 4 is 34.2 Å². The number of carbonyl (C=O) groups excluding carboxylic acids is 2. The fourth-order valence-electron chi connectivity index (χ4n) is 6.81. The van der Waals surface area contributed by atoms with E-state index in [1.807, 2.05) is 17.8 Å². The SMILES string of the molecule is CCn1c2c(C(=O)Nc3cccc(C(=O)Nc4ccn(C5CCN(C)CC5)n4)c3)nc(C)cc2c(=O)n1-c1ccc(-c2c(C)on(C)c2=O)cc1. The minimum Gasteiger partial charge on any atom is -0.381 e. The van der Waals surface area contributed by atoms with Crippen LogP contribution in [0.1, 0.15) is 58.1 Å². The van der Waals surface area contributed by atoms with E-state index in [1.165, 1.54) is 9.42 Å². The summed E-state index contributed by atoms with van der Waals surface area (Å²) < 4.78 is 11.8. The fourth-order valence-corrected chi connectivity index (χ4v) is 6.81. The third-order valence-electron chi connectivity index (χ3n) is 9.38. The molecule has 0 bridgehead atoms. The van der Waals surface area contributed by atoms with Gasteiger partial charge in [0.2, 0.25) is 0 Å². The van der Waals surface area contributed by atoms with E-state index in [0.29, 0.717) is 68.8 Å². The number of pyridine rings is 1. The van der Waals surface area contributed by atoms with Gasteiger partial charge in [-0.15, -0.1) is 0 Å². The summed E-state index contributed by atoms with van der Waals surface area (Å²) in [5.41, 5.74) is 2.78. The Morgan fingerprint density at radius 2 is 1.67 bits per heavy atom. The molecule has 2 aromatic carbocycles. The van der Waals surface area contributed by atoms with Crippen LogP contribution in [0.3, 0.4) is 0 Å². The molecule has 1 saturated heterocycles. The molecule has 0 atom stereocenters. The van der Waals surface area contributed by atoms with Crippen molar-refractivity contribution in [3.8, 4) is 16.8 Å². The molecular weight excluding hydrogens is 650 g/mol. The highest BCUT2D eigenvalue weighted by Gasteiger charge is 2.24. The van der Waals surface area contributed by atoms with Gasteiger partial charge < -0.3 is 20.1 Å². The van der Waals surface area contributed by atoms with Crippen molar-refractivity contribution in [1.82, 2.24) is 33.8 Å². The van der Waals surface area contributed by atoms with Crippen LogP contribution in [0.2, 0.25) is 0 Å². The number of fused-ring (bicyclic) bond motifs is 1. The molecule has 262 valence electrons. The van der Waals surface area contributed by atoms with E-state index in [2.05, 4.69) is 32.7 Å². The molecule has 1 fully saturated rings. The summed E-state index contributed by atoms with van der Waals surface area (Å²) in [5, 5.41) is 10.7. The smallest absolute Gasteiger partial charge is 0.290 e. The molecule has 6 aromatic rings. The van der Waals surface area contributed by atoms with Crippen molar-refractivity contribution in [2.75, 3.05) is 30.8 Å². The maximum Gasteiger partial charge on any atom is 0.290 e. The van der Waals surface area contributed by atoms with E-state index in [1.54, 1.807) is 86.2 Å². The van der Waals surface area contributed by atoms with E-state index in [4.69, 9.17) is 4.52 Å². The van der Waals surface area contributed by atoms with Crippen molar-refractivity contribution < 1.29 is 14.1 Å². The molecule has 5 heterocycles. The van der Waals surface area contributed by atoms with Gasteiger partial charge in [-0.2, -0.15) is 9.84 Å². The molecule has 0 saturated carbocycles. The highest BCUT2D eigenvalue weighted by atomic mass is 16.5. The van der Waals surface area contributed by atoms with Crippen LogP contribution in [0, 0.1) is 13.8 Å². The van der Waals surface area contributed by atoms with Crippen LogP contribution in [-0.2, 0) is 13.6 Å². The standard InChI is InChI=1S/C37H39N9O5/c1-6-45-33-29(36(49)46(45)28-12-10-24(11-13-28)31-23(3)51-43(5)37(31)50)20-22(2)38-32(33)35(48)39-26-9-7-8-25(21-26)34(47)40-30-16-19-44(41-30)27-14-17-42(4)18-15-27/h7-13,16,19-21,27H,6,14-15,17-18H2,1-5H3,(H,39,48)(H,40,41,47). The lowest BCUT2D eigenvalue weighted by molar-refractivity contribution is 0.101. The van der Waals surface area contributed by atoms with Crippen molar-refractivity contribution in [3.63, 3.8) is 0 Å². The highest BCUT2D eigenvalue weighted by Crippen LogP contribution is 2.25. The number of rotatable bonds is 8. The number of benzene rings is 2. The number of amides is 2. The Bertz CT molecular complexity index is 2400. The Morgan fingerprint density at radius 1 is 0.922 bits per heavy atom. The number of hydrogen-bond acceptors (Lipinski definition) is 8. The van der Waals surface area contributed by atoms with Gasteiger partial charge in [-0.3, -0.25) is 28.5 Å². The molecule has 4 aromatic heterocycles. The summed E-state index contributed by atoms with van der Waals surface area (Å²) >= 11 is 0. The molecule has 0 unspecified atom stereocenters. The maximum absolute atomic E-state index is 13.9. The molecule has 1 aliphatic rings. The van der Waals surface area contributed by atoms with Crippen LogP contribution >= 0.6 is 0 Å². The Kier molecular flexibility index (Phi) is 8.77. The maximum atomic E-state index is 13.9. The van der Waals surface area contributed by atoms with Crippen molar-refractivity contribution in [1.29, 1.82) is 0 Å². The first kappa shape index (κ1) is 33.5. The minimum absolute atomic E-state index is 0.0751. The van der Waals surface area contributed by atoms with Crippen LogP contribution in [0.15, 0.2) is 81.0 Å². The van der Waals surface area contributed by atoms with Gasteiger partial charge >= 0.3 is 0 Å². The van der Waals surface area contributed by atoms with Gasteiger partial charge in [0.15, 0.2) is 11.5 Å². The third-order valence-corrected chi connectivity index (χ3v) is 9.38. The van der Waals surface area contributed by atoms with Gasteiger partial charge in [0.25, 0.3) is 22.9 Å². The highest BCUT2D eigenvalue weighted by molar-refractivity contribution is 6.11. The molecule has 14 heteroatoms. The quantitative estimate of drug-likeness (QED) is 0.232. The van der Waals surface area contributed by atoms with E-state index >= 15 is 0 Å². The van der Waals surface area contributed by atoms with Gasteiger partial charge in [-0.25, -0.2) is 9.67 Å². The molecule has 14 nitrogen and oxygen atoms in total. The minimum atomic E-state index is -0.529. The van der Waals surface area contributed by atoms with E-state index in [0.717, 1.165) is 25.9 Å². The van der Waals surface area contributed by atoms with Gasteiger partial charge in [-0.1, -0.05) is 18.2 Å². The number of nitrogens with zero attached hydrogens (tertiary/aromatic N) is 7. The Balaban J connectivity index is 1.14. The Morgan fingerprint density at radius 3 is 2.35 bits per heavy atom. The zero-order chi connectivity index (χ0) is 36.0. The number of carbonyl (C=O) groups is 2.